The first-order chi connectivity index (χ1) is 9.38. The van der Waals surface area contributed by atoms with Gasteiger partial charge in [0.25, 0.3) is 0 Å². The Morgan fingerprint density at radius 2 is 1.85 bits per heavy atom. The van der Waals surface area contributed by atoms with Gasteiger partial charge < -0.3 is 21.5 Å². The number of carboxylic acids is 1. The maximum Gasteiger partial charge on any atom is 0.319 e. The molecule has 0 saturated carbocycles. The summed E-state index contributed by atoms with van der Waals surface area (Å²) >= 11 is 0. The second-order valence-electron chi connectivity index (χ2n) is 4.48. The van der Waals surface area contributed by atoms with Crippen LogP contribution in [0.3, 0.4) is 0 Å². The second kappa shape index (κ2) is 7.13. The number of rotatable bonds is 6. The maximum absolute atomic E-state index is 11.6. The van der Waals surface area contributed by atoms with Gasteiger partial charge in [-0.05, 0) is 30.2 Å². The third kappa shape index (κ3) is 5.38. The predicted molar refractivity (Wildman–Crippen MR) is 73.4 cm³/mol. The molecule has 0 aromatic heterocycles. The Kier molecular flexibility index (Phi) is 5.52. The van der Waals surface area contributed by atoms with Gasteiger partial charge in [-0.15, -0.1) is 0 Å². The molecule has 1 atom stereocenters. The van der Waals surface area contributed by atoms with Crippen molar-refractivity contribution in [3.63, 3.8) is 0 Å². The number of carboxylic acid groups (broad SMARTS) is 1. The molecule has 0 aliphatic rings. The van der Waals surface area contributed by atoms with Crippen molar-refractivity contribution in [3.05, 3.63) is 29.8 Å². The number of amides is 3. The van der Waals surface area contributed by atoms with Gasteiger partial charge in [-0.1, -0.05) is 6.92 Å². The number of hydrogen-bond acceptors (Lipinski definition) is 3. The minimum absolute atomic E-state index is 0.00636. The second-order valence-corrected chi connectivity index (χ2v) is 4.48. The zero-order chi connectivity index (χ0) is 15.1. The smallest absolute Gasteiger partial charge is 0.319 e. The number of urea groups is 1. The molecule has 1 unspecified atom stereocenters. The maximum atomic E-state index is 11.6. The van der Waals surface area contributed by atoms with Crippen LogP contribution in [0.1, 0.15) is 23.7 Å². The molecule has 0 saturated heterocycles. The molecule has 0 fully saturated rings. The molecule has 7 nitrogen and oxygen atoms in total. The lowest BCUT2D eigenvalue weighted by atomic mass is 10.1. The molecule has 0 aliphatic carbocycles. The summed E-state index contributed by atoms with van der Waals surface area (Å²) in [6.45, 7) is 1.99. The van der Waals surface area contributed by atoms with E-state index in [0.717, 1.165) is 0 Å². The summed E-state index contributed by atoms with van der Waals surface area (Å²) in [6.07, 6.45) is -0.00636. The van der Waals surface area contributed by atoms with E-state index in [0.29, 0.717) is 11.3 Å². The first-order valence-corrected chi connectivity index (χ1v) is 6.05. The Bertz CT molecular complexity index is 499. The van der Waals surface area contributed by atoms with Crippen LogP contribution >= 0.6 is 0 Å². The highest BCUT2D eigenvalue weighted by Gasteiger charge is 2.09. The van der Waals surface area contributed by atoms with Crippen molar-refractivity contribution in [1.82, 2.24) is 5.32 Å². The standard InChI is InChI=1S/C13H17N3O4/c1-8(6-11(17)18)7-15-13(20)16-10-4-2-9(3-5-10)12(14)19/h2-5,8H,6-7H2,1H3,(H2,14,19)(H,17,18)(H2,15,16,20). The number of carbonyl (C=O) groups is 3. The fourth-order valence-electron chi connectivity index (χ4n) is 1.53. The van der Waals surface area contributed by atoms with Crippen LogP contribution in [0.15, 0.2) is 24.3 Å². The molecule has 5 N–H and O–H groups in total. The Morgan fingerprint density at radius 3 is 2.35 bits per heavy atom. The lowest BCUT2D eigenvalue weighted by Gasteiger charge is -2.11. The number of aliphatic carboxylic acids is 1. The fraction of sp³-hybridized carbons (Fsp3) is 0.308. The molecule has 3 amide bonds. The van der Waals surface area contributed by atoms with Crippen LogP contribution in [0.2, 0.25) is 0 Å². The van der Waals surface area contributed by atoms with Crippen molar-refractivity contribution < 1.29 is 19.5 Å². The van der Waals surface area contributed by atoms with E-state index in [9.17, 15) is 14.4 Å². The van der Waals surface area contributed by atoms with Crippen molar-refractivity contribution in [3.8, 4) is 0 Å². The highest BCUT2D eigenvalue weighted by Crippen LogP contribution is 2.09. The van der Waals surface area contributed by atoms with Crippen LogP contribution in [0.5, 0.6) is 0 Å². The molecular formula is C13H17N3O4. The predicted octanol–water partition coefficient (Wildman–Crippen LogP) is 1.02. The topological polar surface area (TPSA) is 122 Å². The highest BCUT2D eigenvalue weighted by atomic mass is 16.4. The average Bonchev–Trinajstić information content (AvgIpc) is 2.36. The molecule has 20 heavy (non-hydrogen) atoms. The van der Waals surface area contributed by atoms with Crippen LogP contribution in [0.4, 0.5) is 10.5 Å². The molecule has 7 heteroatoms. The SMILES string of the molecule is CC(CNC(=O)Nc1ccc(C(N)=O)cc1)CC(=O)O. The normalized spacial score (nSPS) is 11.4. The Balaban J connectivity index is 2.42. The molecular weight excluding hydrogens is 262 g/mol. The van der Waals surface area contributed by atoms with E-state index < -0.39 is 17.9 Å². The Morgan fingerprint density at radius 1 is 1.25 bits per heavy atom. The minimum Gasteiger partial charge on any atom is -0.481 e. The summed E-state index contributed by atoms with van der Waals surface area (Å²) in [5.74, 6) is -1.60. The van der Waals surface area contributed by atoms with Gasteiger partial charge >= 0.3 is 12.0 Å². The van der Waals surface area contributed by atoms with Gasteiger partial charge in [0.15, 0.2) is 0 Å². The molecule has 0 radical (unpaired) electrons. The number of hydrogen-bond donors (Lipinski definition) is 4. The summed E-state index contributed by atoms with van der Waals surface area (Å²) in [5.41, 5.74) is 5.96. The number of nitrogens with two attached hydrogens (primary N) is 1. The van der Waals surface area contributed by atoms with Gasteiger partial charge in [0.2, 0.25) is 5.91 Å². The molecule has 1 aromatic rings. The van der Waals surface area contributed by atoms with E-state index in [1.807, 2.05) is 0 Å². The molecule has 0 bridgehead atoms. The Hall–Kier alpha value is -2.57. The summed E-state index contributed by atoms with van der Waals surface area (Å²) in [5, 5.41) is 13.7. The van der Waals surface area contributed by atoms with Gasteiger partial charge in [0.05, 0.1) is 0 Å². The fourth-order valence-corrected chi connectivity index (χ4v) is 1.53. The number of primary amides is 1. The zero-order valence-corrected chi connectivity index (χ0v) is 11.1. The summed E-state index contributed by atoms with van der Waals surface area (Å²) in [6, 6.07) is 5.69. The zero-order valence-electron chi connectivity index (χ0n) is 11.1. The van der Waals surface area contributed by atoms with Crippen molar-refractivity contribution in [2.24, 2.45) is 11.7 Å². The van der Waals surface area contributed by atoms with Crippen molar-refractivity contribution in [1.29, 1.82) is 0 Å². The lowest BCUT2D eigenvalue weighted by Crippen LogP contribution is -2.33. The van der Waals surface area contributed by atoms with E-state index in [2.05, 4.69) is 10.6 Å². The molecule has 0 heterocycles. The van der Waals surface area contributed by atoms with Crippen LogP contribution in [0.25, 0.3) is 0 Å². The van der Waals surface area contributed by atoms with Crippen LogP contribution in [-0.4, -0.2) is 29.6 Å². The first kappa shape index (κ1) is 15.5. The summed E-state index contributed by atoms with van der Waals surface area (Å²) in [4.78, 5) is 32.9. The first-order valence-electron chi connectivity index (χ1n) is 6.05. The molecule has 1 aromatic carbocycles. The van der Waals surface area contributed by atoms with Crippen molar-refractivity contribution >= 4 is 23.6 Å². The van der Waals surface area contributed by atoms with E-state index in [4.69, 9.17) is 10.8 Å². The summed E-state index contributed by atoms with van der Waals surface area (Å²) < 4.78 is 0. The third-order valence-electron chi connectivity index (χ3n) is 2.56. The van der Waals surface area contributed by atoms with Crippen LogP contribution in [-0.2, 0) is 4.79 Å². The quantitative estimate of drug-likeness (QED) is 0.621. The highest BCUT2D eigenvalue weighted by molar-refractivity contribution is 5.94. The minimum atomic E-state index is -0.901. The molecule has 1 rings (SSSR count). The third-order valence-corrected chi connectivity index (χ3v) is 2.56. The largest absolute Gasteiger partial charge is 0.481 e. The van der Waals surface area contributed by atoms with Crippen molar-refractivity contribution in [2.45, 2.75) is 13.3 Å². The average molecular weight is 279 g/mol. The van der Waals surface area contributed by atoms with E-state index in [-0.39, 0.29) is 18.9 Å². The number of nitrogens with one attached hydrogen (secondary N) is 2. The molecule has 0 aliphatic heterocycles. The number of benzene rings is 1. The molecule has 0 spiro atoms. The summed E-state index contributed by atoms with van der Waals surface area (Å²) in [7, 11) is 0. The lowest BCUT2D eigenvalue weighted by molar-refractivity contribution is -0.137. The van der Waals surface area contributed by atoms with Gasteiger partial charge in [0, 0.05) is 24.2 Å². The monoisotopic (exact) mass is 279 g/mol. The van der Waals surface area contributed by atoms with Gasteiger partial charge in [-0.25, -0.2) is 4.79 Å². The number of anilines is 1. The van der Waals surface area contributed by atoms with Crippen LogP contribution < -0.4 is 16.4 Å². The van der Waals surface area contributed by atoms with Crippen molar-refractivity contribution in [2.75, 3.05) is 11.9 Å². The van der Waals surface area contributed by atoms with Gasteiger partial charge in [-0.3, -0.25) is 9.59 Å². The van der Waals surface area contributed by atoms with Gasteiger partial charge in [0.1, 0.15) is 0 Å². The Labute approximate surface area is 116 Å². The van der Waals surface area contributed by atoms with E-state index >= 15 is 0 Å². The van der Waals surface area contributed by atoms with E-state index in [1.165, 1.54) is 12.1 Å². The van der Waals surface area contributed by atoms with Crippen LogP contribution in [0, 0.1) is 5.92 Å². The number of carbonyl (C=O) groups excluding carboxylic acids is 2. The molecule has 108 valence electrons. The van der Waals surface area contributed by atoms with E-state index in [1.54, 1.807) is 19.1 Å². The van der Waals surface area contributed by atoms with Gasteiger partial charge in [-0.2, -0.15) is 0 Å².